The Morgan fingerprint density at radius 2 is 1.40 bits per heavy atom. The first kappa shape index (κ1) is 17.2. The Morgan fingerprint density at radius 1 is 0.750 bits per heavy atom. The number of rotatable bonds is 13. The summed E-state index contributed by atoms with van der Waals surface area (Å²) in [4.78, 5) is 0. The summed E-state index contributed by atoms with van der Waals surface area (Å²) in [7, 11) is 0. The highest BCUT2D eigenvalue weighted by molar-refractivity contribution is 4.82. The molecule has 4 nitrogen and oxygen atoms in total. The third-order valence-corrected chi connectivity index (χ3v) is 3.42. The van der Waals surface area contributed by atoms with Gasteiger partial charge in [0.2, 0.25) is 11.8 Å². The predicted molar refractivity (Wildman–Crippen MR) is 82.9 cm³/mol. The Kier molecular flexibility index (Phi) is 10.2. The molecule has 0 spiro atoms. The molecule has 0 saturated heterocycles. The van der Waals surface area contributed by atoms with Crippen molar-refractivity contribution in [2.45, 2.75) is 78.1 Å². The number of nitrogens with one attached hydrogen (secondary N) is 1. The third kappa shape index (κ3) is 8.31. The molecule has 20 heavy (non-hydrogen) atoms. The summed E-state index contributed by atoms with van der Waals surface area (Å²) in [5.41, 5.74) is 0. The summed E-state index contributed by atoms with van der Waals surface area (Å²) >= 11 is 0. The highest BCUT2D eigenvalue weighted by Crippen LogP contribution is 2.10. The highest BCUT2D eigenvalue weighted by Gasteiger charge is 2.05. The summed E-state index contributed by atoms with van der Waals surface area (Å²) in [6.07, 6.45) is 11.9. The van der Waals surface area contributed by atoms with Crippen molar-refractivity contribution in [2.75, 3.05) is 13.1 Å². The van der Waals surface area contributed by atoms with Crippen LogP contribution in [0.5, 0.6) is 0 Å². The molecule has 0 aliphatic heterocycles. The van der Waals surface area contributed by atoms with Crippen LogP contribution in [-0.2, 0) is 12.8 Å². The standard InChI is InChI=1S/C16H31N3O/c1-3-5-6-7-8-9-11-15-18-19-16(20-15)12-10-14-17-13-4-2/h17H,3-14H2,1-2H3. The maximum atomic E-state index is 5.67. The molecule has 4 heteroatoms. The molecule has 0 aromatic carbocycles. The molecule has 0 bridgehead atoms. The maximum absolute atomic E-state index is 5.67. The van der Waals surface area contributed by atoms with Crippen LogP contribution in [0.25, 0.3) is 0 Å². The van der Waals surface area contributed by atoms with Gasteiger partial charge in [0.15, 0.2) is 0 Å². The molecule has 1 aromatic rings. The van der Waals surface area contributed by atoms with E-state index < -0.39 is 0 Å². The first-order valence-corrected chi connectivity index (χ1v) is 8.38. The van der Waals surface area contributed by atoms with E-state index in [0.29, 0.717) is 0 Å². The lowest BCUT2D eigenvalue weighted by molar-refractivity contribution is 0.433. The lowest BCUT2D eigenvalue weighted by Crippen LogP contribution is -2.16. The number of unbranched alkanes of at least 4 members (excludes halogenated alkanes) is 5. The monoisotopic (exact) mass is 281 g/mol. The minimum Gasteiger partial charge on any atom is -0.425 e. The van der Waals surface area contributed by atoms with Crippen molar-refractivity contribution >= 4 is 0 Å². The Balaban J connectivity index is 2.04. The molecule has 116 valence electrons. The Morgan fingerprint density at radius 3 is 2.10 bits per heavy atom. The Labute approximate surface area is 123 Å². The van der Waals surface area contributed by atoms with Crippen molar-refractivity contribution < 1.29 is 4.42 Å². The van der Waals surface area contributed by atoms with E-state index in [1.807, 2.05) is 0 Å². The normalized spacial score (nSPS) is 11.1. The van der Waals surface area contributed by atoms with Gasteiger partial charge in [0, 0.05) is 12.8 Å². The second-order valence-electron chi connectivity index (χ2n) is 5.46. The summed E-state index contributed by atoms with van der Waals surface area (Å²) in [6.45, 7) is 6.55. The van der Waals surface area contributed by atoms with Crippen molar-refractivity contribution in [3.05, 3.63) is 11.8 Å². The molecule has 0 radical (unpaired) electrons. The minimum absolute atomic E-state index is 0.796. The smallest absolute Gasteiger partial charge is 0.216 e. The number of hydrogen-bond donors (Lipinski definition) is 1. The van der Waals surface area contributed by atoms with Gasteiger partial charge in [-0.05, 0) is 32.4 Å². The van der Waals surface area contributed by atoms with Crippen LogP contribution >= 0.6 is 0 Å². The van der Waals surface area contributed by atoms with Gasteiger partial charge in [0.25, 0.3) is 0 Å². The van der Waals surface area contributed by atoms with E-state index in [9.17, 15) is 0 Å². The molecule has 1 aromatic heterocycles. The summed E-state index contributed by atoms with van der Waals surface area (Å²) in [6, 6.07) is 0. The largest absolute Gasteiger partial charge is 0.425 e. The molecule has 0 saturated carbocycles. The number of hydrogen-bond acceptors (Lipinski definition) is 4. The Hall–Kier alpha value is -0.900. The molecule has 0 amide bonds. The molecule has 0 atom stereocenters. The maximum Gasteiger partial charge on any atom is 0.216 e. The van der Waals surface area contributed by atoms with Crippen LogP contribution in [0.2, 0.25) is 0 Å². The molecule has 1 rings (SSSR count). The van der Waals surface area contributed by atoms with Gasteiger partial charge in [-0.1, -0.05) is 46.0 Å². The van der Waals surface area contributed by atoms with Crippen LogP contribution in [0, 0.1) is 0 Å². The van der Waals surface area contributed by atoms with E-state index in [1.165, 1.54) is 44.9 Å². The number of aromatic nitrogens is 2. The zero-order chi connectivity index (χ0) is 14.5. The lowest BCUT2D eigenvalue weighted by Gasteiger charge is -2.00. The van der Waals surface area contributed by atoms with E-state index in [2.05, 4.69) is 29.4 Å². The predicted octanol–water partition coefficient (Wildman–Crippen LogP) is 3.90. The van der Waals surface area contributed by atoms with Gasteiger partial charge in [0.1, 0.15) is 0 Å². The second kappa shape index (κ2) is 11.9. The molecular formula is C16H31N3O. The molecule has 0 aliphatic carbocycles. The van der Waals surface area contributed by atoms with Crippen molar-refractivity contribution in [1.82, 2.24) is 15.5 Å². The van der Waals surface area contributed by atoms with Crippen LogP contribution in [0.4, 0.5) is 0 Å². The minimum atomic E-state index is 0.796. The van der Waals surface area contributed by atoms with Crippen LogP contribution in [0.1, 0.15) is 77.0 Å². The van der Waals surface area contributed by atoms with Gasteiger partial charge in [-0.25, -0.2) is 0 Å². The second-order valence-corrected chi connectivity index (χ2v) is 5.46. The third-order valence-electron chi connectivity index (χ3n) is 3.42. The highest BCUT2D eigenvalue weighted by atomic mass is 16.4. The van der Waals surface area contributed by atoms with Crippen molar-refractivity contribution in [2.24, 2.45) is 0 Å². The van der Waals surface area contributed by atoms with Gasteiger partial charge in [0.05, 0.1) is 0 Å². The van der Waals surface area contributed by atoms with E-state index in [-0.39, 0.29) is 0 Å². The Bertz CT molecular complexity index is 325. The van der Waals surface area contributed by atoms with Crippen LogP contribution in [0.15, 0.2) is 4.42 Å². The average Bonchev–Trinajstić information content (AvgIpc) is 2.90. The molecule has 0 unspecified atom stereocenters. The topological polar surface area (TPSA) is 51.0 Å². The molecule has 1 N–H and O–H groups in total. The van der Waals surface area contributed by atoms with E-state index in [4.69, 9.17) is 4.42 Å². The number of aryl methyl sites for hydroxylation is 2. The van der Waals surface area contributed by atoms with Crippen molar-refractivity contribution in [3.8, 4) is 0 Å². The quantitative estimate of drug-likeness (QED) is 0.557. The van der Waals surface area contributed by atoms with Gasteiger partial charge in [-0.3, -0.25) is 0 Å². The summed E-state index contributed by atoms with van der Waals surface area (Å²) < 4.78 is 5.67. The van der Waals surface area contributed by atoms with Crippen molar-refractivity contribution in [3.63, 3.8) is 0 Å². The summed E-state index contributed by atoms with van der Waals surface area (Å²) in [5.74, 6) is 1.61. The van der Waals surface area contributed by atoms with Crippen LogP contribution in [0.3, 0.4) is 0 Å². The van der Waals surface area contributed by atoms with Crippen LogP contribution < -0.4 is 5.32 Å². The van der Waals surface area contributed by atoms with Gasteiger partial charge < -0.3 is 9.73 Å². The molecule has 0 fully saturated rings. The van der Waals surface area contributed by atoms with E-state index in [0.717, 1.165) is 44.1 Å². The fourth-order valence-corrected chi connectivity index (χ4v) is 2.21. The van der Waals surface area contributed by atoms with E-state index >= 15 is 0 Å². The van der Waals surface area contributed by atoms with Gasteiger partial charge in [-0.15, -0.1) is 10.2 Å². The lowest BCUT2D eigenvalue weighted by atomic mass is 10.1. The van der Waals surface area contributed by atoms with Crippen LogP contribution in [-0.4, -0.2) is 23.3 Å². The molecule has 1 heterocycles. The van der Waals surface area contributed by atoms with Gasteiger partial charge in [-0.2, -0.15) is 0 Å². The average molecular weight is 281 g/mol. The SMILES string of the molecule is CCCCCCCCc1nnc(CCCNCCC)o1. The zero-order valence-electron chi connectivity index (χ0n) is 13.3. The van der Waals surface area contributed by atoms with Gasteiger partial charge >= 0.3 is 0 Å². The first-order valence-electron chi connectivity index (χ1n) is 8.38. The molecule has 0 aliphatic rings. The first-order chi connectivity index (χ1) is 9.86. The fourth-order valence-electron chi connectivity index (χ4n) is 2.21. The molecular weight excluding hydrogens is 250 g/mol. The fraction of sp³-hybridized carbons (Fsp3) is 0.875. The summed E-state index contributed by atoms with van der Waals surface area (Å²) in [5, 5.41) is 11.6. The van der Waals surface area contributed by atoms with Crippen molar-refractivity contribution in [1.29, 1.82) is 0 Å². The zero-order valence-corrected chi connectivity index (χ0v) is 13.3. The number of nitrogens with zero attached hydrogens (tertiary/aromatic N) is 2. The van der Waals surface area contributed by atoms with E-state index in [1.54, 1.807) is 0 Å².